The standard InChI is InChI=1S/C14H19NO3/c1-3-7-10(2)12(16)14(15,13(17)18)11-8-5-4-6-9-11/h4-6,8-10H,3,7,15H2,1-2H3,(H,17,18). The molecule has 0 aliphatic rings. The molecule has 18 heavy (non-hydrogen) atoms. The molecule has 0 saturated carbocycles. The van der Waals surface area contributed by atoms with Crippen molar-refractivity contribution in [1.82, 2.24) is 0 Å². The number of nitrogens with two attached hydrogens (primary N) is 1. The van der Waals surface area contributed by atoms with E-state index < -0.39 is 17.3 Å². The number of carbonyl (C=O) groups excluding carboxylic acids is 1. The van der Waals surface area contributed by atoms with Crippen LogP contribution in [0.5, 0.6) is 0 Å². The number of Topliss-reactive ketones (excluding diaryl/α,β-unsaturated/α-hetero) is 1. The smallest absolute Gasteiger partial charge is 0.336 e. The fourth-order valence-corrected chi connectivity index (χ4v) is 2.02. The fourth-order valence-electron chi connectivity index (χ4n) is 2.02. The monoisotopic (exact) mass is 249 g/mol. The maximum Gasteiger partial charge on any atom is 0.336 e. The van der Waals surface area contributed by atoms with E-state index in [9.17, 15) is 14.7 Å². The summed E-state index contributed by atoms with van der Waals surface area (Å²) >= 11 is 0. The Morgan fingerprint density at radius 2 is 1.89 bits per heavy atom. The van der Waals surface area contributed by atoms with E-state index in [1.54, 1.807) is 37.3 Å². The van der Waals surface area contributed by atoms with Gasteiger partial charge in [0.05, 0.1) is 0 Å². The quantitative estimate of drug-likeness (QED) is 0.755. The zero-order valence-electron chi connectivity index (χ0n) is 10.7. The van der Waals surface area contributed by atoms with E-state index in [1.807, 2.05) is 6.92 Å². The molecule has 2 atom stereocenters. The Morgan fingerprint density at radius 1 is 1.33 bits per heavy atom. The van der Waals surface area contributed by atoms with Crippen LogP contribution in [0.25, 0.3) is 0 Å². The van der Waals surface area contributed by atoms with Crippen molar-refractivity contribution in [2.24, 2.45) is 11.7 Å². The Balaban J connectivity index is 3.17. The van der Waals surface area contributed by atoms with E-state index in [4.69, 9.17) is 5.73 Å². The second kappa shape index (κ2) is 5.78. The number of carboxylic acids is 1. The molecule has 4 nitrogen and oxygen atoms in total. The van der Waals surface area contributed by atoms with Gasteiger partial charge in [-0.15, -0.1) is 0 Å². The SMILES string of the molecule is CCCC(C)C(=O)C(N)(C(=O)O)c1ccccc1. The van der Waals surface area contributed by atoms with Crippen molar-refractivity contribution < 1.29 is 14.7 Å². The minimum absolute atomic E-state index is 0.324. The van der Waals surface area contributed by atoms with Crippen molar-refractivity contribution in [3.8, 4) is 0 Å². The molecule has 0 aromatic heterocycles. The lowest BCUT2D eigenvalue weighted by Gasteiger charge is -2.26. The van der Waals surface area contributed by atoms with Crippen LogP contribution in [0.3, 0.4) is 0 Å². The molecule has 2 unspecified atom stereocenters. The molecule has 0 fully saturated rings. The normalized spacial score (nSPS) is 15.7. The molecule has 1 rings (SSSR count). The molecule has 0 spiro atoms. The van der Waals surface area contributed by atoms with Crippen LogP contribution in [-0.4, -0.2) is 16.9 Å². The summed E-state index contributed by atoms with van der Waals surface area (Å²) in [6, 6.07) is 8.26. The van der Waals surface area contributed by atoms with Gasteiger partial charge in [-0.3, -0.25) is 4.79 Å². The average Bonchev–Trinajstić information content (AvgIpc) is 2.38. The predicted octanol–water partition coefficient (Wildman–Crippen LogP) is 1.93. The Morgan fingerprint density at radius 3 is 2.33 bits per heavy atom. The van der Waals surface area contributed by atoms with E-state index in [0.717, 1.165) is 6.42 Å². The maximum absolute atomic E-state index is 12.3. The highest BCUT2D eigenvalue weighted by Crippen LogP contribution is 2.25. The second-order valence-corrected chi connectivity index (χ2v) is 4.53. The molecule has 4 heteroatoms. The van der Waals surface area contributed by atoms with Crippen molar-refractivity contribution in [1.29, 1.82) is 0 Å². The van der Waals surface area contributed by atoms with Crippen LogP contribution in [0.4, 0.5) is 0 Å². The third kappa shape index (κ3) is 2.59. The summed E-state index contributed by atoms with van der Waals surface area (Å²) in [4.78, 5) is 23.7. The summed E-state index contributed by atoms with van der Waals surface area (Å²) in [5.41, 5.74) is 4.26. The van der Waals surface area contributed by atoms with Crippen molar-refractivity contribution in [3.63, 3.8) is 0 Å². The summed E-state index contributed by atoms with van der Waals surface area (Å²) in [5.74, 6) is -2.11. The van der Waals surface area contributed by atoms with Crippen molar-refractivity contribution >= 4 is 11.8 Å². The molecular formula is C14H19NO3. The van der Waals surface area contributed by atoms with Crippen LogP contribution < -0.4 is 5.73 Å². The first-order valence-electron chi connectivity index (χ1n) is 6.06. The minimum atomic E-state index is -1.95. The van der Waals surface area contributed by atoms with Gasteiger partial charge in [-0.2, -0.15) is 0 Å². The molecule has 0 bridgehead atoms. The molecule has 1 aromatic rings. The lowest BCUT2D eigenvalue weighted by molar-refractivity contribution is -0.150. The van der Waals surface area contributed by atoms with Gasteiger partial charge >= 0.3 is 5.97 Å². The summed E-state index contributed by atoms with van der Waals surface area (Å²) in [6.45, 7) is 3.67. The molecule has 0 aliphatic heterocycles. The summed E-state index contributed by atoms with van der Waals surface area (Å²) in [6.07, 6.45) is 1.45. The Labute approximate surface area is 107 Å². The van der Waals surface area contributed by atoms with Gasteiger partial charge in [0.2, 0.25) is 0 Å². The molecule has 0 heterocycles. The molecule has 0 aliphatic carbocycles. The number of rotatable bonds is 6. The highest BCUT2D eigenvalue weighted by Gasteiger charge is 2.45. The molecule has 98 valence electrons. The number of aliphatic carboxylic acids is 1. The van der Waals surface area contributed by atoms with Gasteiger partial charge in [0, 0.05) is 5.92 Å². The summed E-state index contributed by atoms with van der Waals surface area (Å²) in [5, 5.41) is 9.33. The number of hydrogen-bond acceptors (Lipinski definition) is 3. The van der Waals surface area contributed by atoms with Gasteiger partial charge in [0.25, 0.3) is 0 Å². The molecule has 0 amide bonds. The minimum Gasteiger partial charge on any atom is -0.479 e. The first-order valence-corrected chi connectivity index (χ1v) is 6.06. The zero-order valence-corrected chi connectivity index (χ0v) is 10.7. The van der Waals surface area contributed by atoms with Crippen LogP contribution in [0, 0.1) is 5.92 Å². The third-order valence-electron chi connectivity index (χ3n) is 3.12. The fraction of sp³-hybridized carbons (Fsp3) is 0.429. The van der Waals surface area contributed by atoms with E-state index >= 15 is 0 Å². The predicted molar refractivity (Wildman–Crippen MR) is 69.0 cm³/mol. The van der Waals surface area contributed by atoms with Crippen LogP contribution in [0.2, 0.25) is 0 Å². The first kappa shape index (κ1) is 14.4. The number of carboxylic acid groups (broad SMARTS) is 1. The second-order valence-electron chi connectivity index (χ2n) is 4.53. The molecular weight excluding hydrogens is 230 g/mol. The van der Waals surface area contributed by atoms with Crippen LogP contribution in [0.15, 0.2) is 30.3 Å². The van der Waals surface area contributed by atoms with Crippen molar-refractivity contribution in [2.75, 3.05) is 0 Å². The van der Waals surface area contributed by atoms with Crippen LogP contribution in [-0.2, 0) is 15.1 Å². The average molecular weight is 249 g/mol. The number of ketones is 1. The summed E-state index contributed by atoms with van der Waals surface area (Å²) in [7, 11) is 0. The van der Waals surface area contributed by atoms with Gasteiger partial charge in [-0.05, 0) is 12.0 Å². The van der Waals surface area contributed by atoms with Crippen LogP contribution in [0.1, 0.15) is 32.3 Å². The van der Waals surface area contributed by atoms with Gasteiger partial charge in [-0.1, -0.05) is 50.6 Å². The van der Waals surface area contributed by atoms with Gasteiger partial charge in [0.1, 0.15) is 0 Å². The topological polar surface area (TPSA) is 80.4 Å². The van der Waals surface area contributed by atoms with E-state index in [-0.39, 0.29) is 5.92 Å². The first-order chi connectivity index (χ1) is 8.44. The summed E-state index contributed by atoms with van der Waals surface area (Å²) < 4.78 is 0. The Bertz CT molecular complexity index is 430. The van der Waals surface area contributed by atoms with E-state index in [2.05, 4.69) is 0 Å². The third-order valence-corrected chi connectivity index (χ3v) is 3.12. The molecule has 0 saturated heterocycles. The lowest BCUT2D eigenvalue weighted by Crippen LogP contribution is -2.53. The molecule has 3 N–H and O–H groups in total. The van der Waals surface area contributed by atoms with E-state index in [0.29, 0.717) is 12.0 Å². The van der Waals surface area contributed by atoms with Crippen molar-refractivity contribution in [2.45, 2.75) is 32.2 Å². The van der Waals surface area contributed by atoms with E-state index in [1.165, 1.54) is 0 Å². The van der Waals surface area contributed by atoms with Gasteiger partial charge in [0.15, 0.2) is 11.3 Å². The highest BCUT2D eigenvalue weighted by atomic mass is 16.4. The molecule has 1 aromatic carbocycles. The number of benzene rings is 1. The highest BCUT2D eigenvalue weighted by molar-refractivity contribution is 6.09. The van der Waals surface area contributed by atoms with Crippen molar-refractivity contribution in [3.05, 3.63) is 35.9 Å². The maximum atomic E-state index is 12.3. The van der Waals surface area contributed by atoms with Crippen LogP contribution >= 0.6 is 0 Å². The Kier molecular flexibility index (Phi) is 4.62. The number of carbonyl (C=O) groups is 2. The Hall–Kier alpha value is -1.68. The molecule has 0 radical (unpaired) electrons. The zero-order chi connectivity index (χ0) is 13.8. The van der Waals surface area contributed by atoms with Gasteiger partial charge < -0.3 is 10.8 Å². The lowest BCUT2D eigenvalue weighted by atomic mass is 9.80. The largest absolute Gasteiger partial charge is 0.479 e. The van der Waals surface area contributed by atoms with Gasteiger partial charge in [-0.25, -0.2) is 4.79 Å². The number of hydrogen-bond donors (Lipinski definition) is 2.